The number of nitrogens with zero attached hydrogens (tertiary/aromatic N) is 2. The first-order valence-electron chi connectivity index (χ1n) is 8.60. The zero-order valence-corrected chi connectivity index (χ0v) is 19.8. The van der Waals surface area contributed by atoms with Gasteiger partial charge in [-0.05, 0) is 49.9 Å². The summed E-state index contributed by atoms with van der Waals surface area (Å²) in [5.74, 6) is 0.808. The maximum atomic E-state index is 11.7. The molecule has 0 atom stereocenters. The lowest BCUT2D eigenvalue weighted by atomic mass is 9.97. The van der Waals surface area contributed by atoms with E-state index in [1.54, 1.807) is 0 Å². The Morgan fingerprint density at radius 2 is 2.12 bits per heavy atom. The molecule has 1 fully saturated rings. The van der Waals surface area contributed by atoms with Gasteiger partial charge >= 0.3 is 5.97 Å². The third-order valence-electron chi connectivity index (χ3n) is 4.31. The Kier molecular flexibility index (Phi) is 10.9. The number of methoxy groups -OCH3 is 1. The van der Waals surface area contributed by atoms with E-state index < -0.39 is 0 Å². The summed E-state index contributed by atoms with van der Waals surface area (Å²) < 4.78 is 5.90. The minimum absolute atomic E-state index is 0. The third-order valence-corrected chi connectivity index (χ3v) is 5.32. The molecule has 5 nitrogen and oxygen atoms in total. The van der Waals surface area contributed by atoms with Crippen LogP contribution in [0.3, 0.4) is 0 Å². The highest BCUT2D eigenvalue weighted by atomic mass is 127. The van der Waals surface area contributed by atoms with Gasteiger partial charge in [-0.2, -0.15) is 0 Å². The number of likely N-dealkylation sites (tertiary alicyclic amines) is 1. The predicted octanol–water partition coefficient (Wildman–Crippen LogP) is 4.11. The smallest absolute Gasteiger partial charge is 0.308 e. The summed E-state index contributed by atoms with van der Waals surface area (Å²) in [7, 11) is 1.45. The van der Waals surface area contributed by atoms with E-state index in [1.807, 2.05) is 18.2 Å². The maximum Gasteiger partial charge on any atom is 0.308 e. The molecule has 0 aromatic heterocycles. The molecule has 146 valence electrons. The van der Waals surface area contributed by atoms with Gasteiger partial charge in [0.1, 0.15) is 0 Å². The van der Waals surface area contributed by atoms with Crippen molar-refractivity contribution in [2.75, 3.05) is 33.3 Å². The van der Waals surface area contributed by atoms with Gasteiger partial charge in [0.05, 0.1) is 13.0 Å². The first kappa shape index (κ1) is 23.5. The lowest BCUT2D eigenvalue weighted by molar-refractivity contribution is -0.146. The van der Waals surface area contributed by atoms with E-state index in [0.717, 1.165) is 59.9 Å². The highest BCUT2D eigenvalue weighted by molar-refractivity contribution is 14.0. The molecule has 1 heterocycles. The molecule has 26 heavy (non-hydrogen) atoms. The summed E-state index contributed by atoms with van der Waals surface area (Å²) in [6.07, 6.45) is 2.42. The van der Waals surface area contributed by atoms with Gasteiger partial charge in [0.15, 0.2) is 5.96 Å². The van der Waals surface area contributed by atoms with Gasteiger partial charge in [-0.1, -0.05) is 27.5 Å². The number of aliphatic imine (C=N–C) groups is 1. The van der Waals surface area contributed by atoms with Crippen molar-refractivity contribution >= 4 is 63.4 Å². The minimum atomic E-state index is -0.104. The average Bonchev–Trinajstić information content (AvgIpc) is 2.63. The van der Waals surface area contributed by atoms with Crippen LogP contribution in [-0.4, -0.2) is 50.1 Å². The van der Waals surface area contributed by atoms with E-state index in [4.69, 9.17) is 21.3 Å². The molecule has 1 aromatic carbocycles. The quantitative estimate of drug-likeness (QED) is 0.256. The van der Waals surface area contributed by atoms with E-state index in [0.29, 0.717) is 6.54 Å². The van der Waals surface area contributed by atoms with Crippen LogP contribution in [0.15, 0.2) is 27.7 Å². The van der Waals surface area contributed by atoms with E-state index in [1.165, 1.54) is 7.11 Å². The van der Waals surface area contributed by atoms with Crippen LogP contribution in [0.1, 0.15) is 25.3 Å². The number of esters is 1. The SMILES string of the molecule is CCNC(=NCCc1cc(Cl)ccc1Br)N1CCC(C(=O)OC)CC1.I. The highest BCUT2D eigenvalue weighted by Crippen LogP contribution is 2.22. The first-order chi connectivity index (χ1) is 12.0. The molecule has 0 aliphatic carbocycles. The normalized spacial score (nSPS) is 15.4. The largest absolute Gasteiger partial charge is 0.469 e. The van der Waals surface area contributed by atoms with Crippen LogP contribution in [0.25, 0.3) is 0 Å². The van der Waals surface area contributed by atoms with E-state index in [2.05, 4.69) is 33.1 Å². The molecular weight excluding hydrogens is 532 g/mol. The fraction of sp³-hybridized carbons (Fsp3) is 0.556. The number of carbonyl (C=O) groups excluding carboxylic acids is 1. The molecule has 0 amide bonds. The molecule has 1 saturated heterocycles. The number of hydrogen-bond donors (Lipinski definition) is 1. The monoisotopic (exact) mass is 557 g/mol. The second-order valence-corrected chi connectivity index (χ2v) is 7.30. The molecule has 1 aromatic rings. The van der Waals surface area contributed by atoms with Crippen LogP contribution in [0.5, 0.6) is 0 Å². The van der Waals surface area contributed by atoms with Gasteiger partial charge in [0.25, 0.3) is 0 Å². The molecular formula is C18H26BrClIN3O2. The van der Waals surface area contributed by atoms with Crippen LogP contribution in [-0.2, 0) is 16.0 Å². The van der Waals surface area contributed by atoms with Gasteiger partial charge in [0.2, 0.25) is 0 Å². The number of ether oxygens (including phenoxy) is 1. The maximum absolute atomic E-state index is 11.7. The van der Waals surface area contributed by atoms with E-state index >= 15 is 0 Å². The van der Waals surface area contributed by atoms with Crippen LogP contribution in [0, 0.1) is 5.92 Å². The zero-order chi connectivity index (χ0) is 18.2. The number of nitrogens with one attached hydrogen (secondary N) is 1. The van der Waals surface area contributed by atoms with Crippen molar-refractivity contribution in [1.29, 1.82) is 0 Å². The van der Waals surface area contributed by atoms with Crippen molar-refractivity contribution in [1.82, 2.24) is 10.2 Å². The van der Waals surface area contributed by atoms with Crippen molar-refractivity contribution in [3.8, 4) is 0 Å². The number of rotatable bonds is 5. The van der Waals surface area contributed by atoms with Crippen molar-refractivity contribution in [2.24, 2.45) is 10.9 Å². The zero-order valence-electron chi connectivity index (χ0n) is 15.1. The Balaban J connectivity index is 0.00000338. The van der Waals surface area contributed by atoms with Crippen molar-refractivity contribution in [3.05, 3.63) is 33.3 Å². The van der Waals surface area contributed by atoms with Gasteiger partial charge in [0, 0.05) is 35.7 Å². The first-order valence-corrected chi connectivity index (χ1v) is 9.77. The lowest BCUT2D eigenvalue weighted by Gasteiger charge is -2.33. The van der Waals surface area contributed by atoms with Crippen LogP contribution < -0.4 is 5.32 Å². The van der Waals surface area contributed by atoms with Gasteiger partial charge in [-0.15, -0.1) is 24.0 Å². The number of carbonyl (C=O) groups is 1. The van der Waals surface area contributed by atoms with Gasteiger partial charge in [-0.3, -0.25) is 9.79 Å². The highest BCUT2D eigenvalue weighted by Gasteiger charge is 2.26. The molecule has 8 heteroatoms. The summed E-state index contributed by atoms with van der Waals surface area (Å²) in [4.78, 5) is 18.6. The number of guanidine groups is 1. The second-order valence-electron chi connectivity index (χ2n) is 6.01. The Morgan fingerprint density at radius 1 is 1.42 bits per heavy atom. The number of hydrogen-bond acceptors (Lipinski definition) is 3. The molecule has 1 aliphatic heterocycles. The van der Waals surface area contributed by atoms with Crippen LogP contribution >= 0.6 is 51.5 Å². The van der Waals surface area contributed by atoms with E-state index in [9.17, 15) is 4.79 Å². The van der Waals surface area contributed by atoms with Crippen molar-refractivity contribution in [3.63, 3.8) is 0 Å². The second kappa shape index (κ2) is 12.0. The summed E-state index contributed by atoms with van der Waals surface area (Å²) in [6, 6.07) is 5.80. The van der Waals surface area contributed by atoms with E-state index in [-0.39, 0.29) is 35.9 Å². The predicted molar refractivity (Wildman–Crippen MR) is 121 cm³/mol. The fourth-order valence-electron chi connectivity index (χ4n) is 2.94. The van der Waals surface area contributed by atoms with Gasteiger partial charge < -0.3 is 15.0 Å². The molecule has 0 unspecified atom stereocenters. The average molecular weight is 559 g/mol. The summed E-state index contributed by atoms with van der Waals surface area (Å²) >= 11 is 9.62. The Hall–Kier alpha value is -0.540. The molecule has 2 rings (SSSR count). The van der Waals surface area contributed by atoms with Crippen LogP contribution in [0.4, 0.5) is 0 Å². The van der Waals surface area contributed by atoms with Gasteiger partial charge in [-0.25, -0.2) is 0 Å². The topological polar surface area (TPSA) is 53.9 Å². The fourth-order valence-corrected chi connectivity index (χ4v) is 3.58. The third kappa shape index (κ3) is 6.88. The molecule has 0 spiro atoms. The van der Waals surface area contributed by atoms with Crippen molar-refractivity contribution < 1.29 is 9.53 Å². The molecule has 1 N–H and O–H groups in total. The summed E-state index contributed by atoms with van der Waals surface area (Å²) in [5, 5.41) is 4.08. The lowest BCUT2D eigenvalue weighted by Crippen LogP contribution is -2.46. The Labute approximate surface area is 186 Å². The summed E-state index contributed by atoms with van der Waals surface area (Å²) in [5.41, 5.74) is 1.15. The molecule has 1 aliphatic rings. The number of benzene rings is 1. The summed E-state index contributed by atoms with van der Waals surface area (Å²) in [6.45, 7) is 5.18. The van der Waals surface area contributed by atoms with Crippen LogP contribution in [0.2, 0.25) is 5.02 Å². The number of piperidine rings is 1. The molecule has 0 radical (unpaired) electrons. The molecule has 0 saturated carbocycles. The number of halogens is 3. The standard InChI is InChI=1S/C18H25BrClN3O2.HI/c1-3-21-18(23-10-7-13(8-11-23)17(24)25-2)22-9-6-14-12-15(20)4-5-16(14)19;/h4-5,12-13H,3,6-11H2,1-2H3,(H,21,22);1H. The Bertz CT molecular complexity index is 622. The minimum Gasteiger partial charge on any atom is -0.469 e. The molecule has 0 bridgehead atoms. The Morgan fingerprint density at radius 3 is 2.73 bits per heavy atom. The van der Waals surface area contributed by atoms with Crippen molar-refractivity contribution in [2.45, 2.75) is 26.2 Å².